The lowest BCUT2D eigenvalue weighted by Gasteiger charge is -2.37. The lowest BCUT2D eigenvalue weighted by Crippen LogP contribution is -2.45. The molecule has 4 aromatic rings. The third-order valence-electron chi connectivity index (χ3n) is 6.17. The summed E-state index contributed by atoms with van der Waals surface area (Å²) in [4.78, 5) is 26.3. The van der Waals surface area contributed by atoms with Crippen LogP contribution in [0, 0.1) is 5.82 Å². The minimum absolute atomic E-state index is 0.122. The maximum absolute atomic E-state index is 13.9. The molecule has 2 aromatic carbocycles. The number of hydrogen-bond acceptors (Lipinski definition) is 4. The number of carbonyl (C=O) groups excluding carboxylic acids is 1. The minimum atomic E-state index is -0.699. The Morgan fingerprint density at radius 3 is 2.62 bits per heavy atom. The Labute approximate surface area is 182 Å². The molecule has 1 aliphatic rings. The summed E-state index contributed by atoms with van der Waals surface area (Å²) < 4.78 is 17.3. The average molecular weight is 432 g/mol. The second-order valence-corrected chi connectivity index (χ2v) is 8.15. The van der Waals surface area contributed by atoms with Crippen LogP contribution in [0.15, 0.2) is 65.7 Å². The van der Waals surface area contributed by atoms with E-state index in [-0.39, 0.29) is 17.4 Å². The molecule has 0 spiro atoms. The van der Waals surface area contributed by atoms with Gasteiger partial charge in [0.1, 0.15) is 5.82 Å². The molecule has 0 bridgehead atoms. The third kappa shape index (κ3) is 2.98. The Balaban J connectivity index is 1.80. The summed E-state index contributed by atoms with van der Waals surface area (Å²) in [7, 11) is 3.50. The van der Waals surface area contributed by atoms with Crippen molar-refractivity contribution in [3.63, 3.8) is 0 Å². The van der Waals surface area contributed by atoms with Crippen molar-refractivity contribution >= 4 is 16.8 Å². The molecular weight excluding hydrogens is 411 g/mol. The van der Waals surface area contributed by atoms with Gasteiger partial charge < -0.3 is 14.6 Å². The first-order valence-corrected chi connectivity index (χ1v) is 10.2. The normalized spacial score (nSPS) is 16.9. The minimum Gasteiger partial charge on any atom is -0.502 e. The van der Waals surface area contributed by atoms with Gasteiger partial charge in [0.05, 0.1) is 17.8 Å². The van der Waals surface area contributed by atoms with Gasteiger partial charge in [0.25, 0.3) is 5.91 Å². The number of benzene rings is 2. The number of likely N-dealkylation sites (N-methyl/N-ethyl adjacent to an activating group) is 1. The highest BCUT2D eigenvalue weighted by Gasteiger charge is 2.39. The van der Waals surface area contributed by atoms with Crippen LogP contribution < -0.4 is 5.43 Å². The molecule has 2 unspecified atom stereocenters. The summed E-state index contributed by atoms with van der Waals surface area (Å²) in [6, 6.07) is 14.0. The number of fused-ring (bicyclic) bond motifs is 2. The number of halogens is 1. The number of amides is 1. The molecule has 0 saturated heterocycles. The van der Waals surface area contributed by atoms with E-state index >= 15 is 0 Å². The number of carbonyl (C=O) groups is 1. The Bertz CT molecular complexity index is 1410. The highest BCUT2D eigenvalue weighted by atomic mass is 19.1. The fourth-order valence-corrected chi connectivity index (χ4v) is 4.68. The second-order valence-electron chi connectivity index (χ2n) is 8.15. The smallest absolute Gasteiger partial charge is 0.275 e. The van der Waals surface area contributed by atoms with E-state index in [2.05, 4.69) is 5.10 Å². The fraction of sp³-hybridized carbons (Fsp3) is 0.208. The molecule has 0 fully saturated rings. The van der Waals surface area contributed by atoms with Gasteiger partial charge in [0, 0.05) is 38.1 Å². The van der Waals surface area contributed by atoms with Crippen LogP contribution in [0.25, 0.3) is 10.9 Å². The molecule has 162 valence electrons. The molecular formula is C24H21FN4O3. The topological polar surface area (TPSA) is 80.4 Å². The summed E-state index contributed by atoms with van der Waals surface area (Å²) in [5.74, 6) is -1.67. The lowest BCUT2D eigenvalue weighted by atomic mass is 9.83. The molecule has 0 aliphatic carbocycles. The van der Waals surface area contributed by atoms with E-state index in [0.29, 0.717) is 6.54 Å². The largest absolute Gasteiger partial charge is 0.502 e. The highest BCUT2D eigenvalue weighted by molar-refractivity contribution is 5.95. The van der Waals surface area contributed by atoms with E-state index in [1.165, 1.54) is 21.7 Å². The second kappa shape index (κ2) is 7.33. The number of rotatable bonds is 3. The van der Waals surface area contributed by atoms with Gasteiger partial charge in [-0.2, -0.15) is 5.10 Å². The zero-order chi connectivity index (χ0) is 22.6. The maximum atomic E-state index is 13.9. The van der Waals surface area contributed by atoms with Crippen molar-refractivity contribution in [1.29, 1.82) is 0 Å². The third-order valence-corrected chi connectivity index (χ3v) is 6.17. The van der Waals surface area contributed by atoms with Gasteiger partial charge in [0.15, 0.2) is 11.4 Å². The van der Waals surface area contributed by atoms with Gasteiger partial charge in [-0.3, -0.25) is 14.3 Å². The maximum Gasteiger partial charge on any atom is 0.275 e. The molecule has 7 nitrogen and oxygen atoms in total. The Morgan fingerprint density at radius 1 is 1.12 bits per heavy atom. The quantitative estimate of drug-likeness (QED) is 0.540. The van der Waals surface area contributed by atoms with Crippen LogP contribution in [0.2, 0.25) is 0 Å². The number of nitrogens with zero attached hydrogens (tertiary/aromatic N) is 4. The summed E-state index contributed by atoms with van der Waals surface area (Å²) >= 11 is 0. The highest BCUT2D eigenvalue weighted by Crippen LogP contribution is 2.42. The SMILES string of the molecule is CN1CC(C(c2ccccc2)c2cn(C)c3cc(F)ccc23)n2ncc(=O)c(O)c2C1=O. The van der Waals surface area contributed by atoms with Crippen LogP contribution in [0.3, 0.4) is 0 Å². The molecule has 0 radical (unpaired) electrons. The molecule has 1 N–H and O–H groups in total. The van der Waals surface area contributed by atoms with Gasteiger partial charge >= 0.3 is 0 Å². The van der Waals surface area contributed by atoms with Gasteiger partial charge in [-0.25, -0.2) is 4.39 Å². The van der Waals surface area contributed by atoms with Gasteiger partial charge in [0.2, 0.25) is 5.43 Å². The number of aromatic nitrogens is 3. The first kappa shape index (κ1) is 20.0. The van der Waals surface area contributed by atoms with Crippen LogP contribution >= 0.6 is 0 Å². The molecule has 5 rings (SSSR count). The Morgan fingerprint density at radius 2 is 1.88 bits per heavy atom. The van der Waals surface area contributed by atoms with Crippen molar-refractivity contribution in [2.24, 2.45) is 7.05 Å². The Hall–Kier alpha value is -3.94. The zero-order valence-corrected chi connectivity index (χ0v) is 17.6. The Kier molecular flexibility index (Phi) is 4.58. The van der Waals surface area contributed by atoms with Gasteiger partial charge in [-0.05, 0) is 29.3 Å². The van der Waals surface area contributed by atoms with Crippen LogP contribution in [0.1, 0.15) is 33.6 Å². The van der Waals surface area contributed by atoms with Crippen molar-refractivity contribution in [3.05, 3.63) is 93.8 Å². The van der Waals surface area contributed by atoms with Crippen LogP contribution in [0.4, 0.5) is 4.39 Å². The molecule has 8 heteroatoms. The average Bonchev–Trinajstić information content (AvgIpc) is 3.10. The zero-order valence-electron chi connectivity index (χ0n) is 17.6. The van der Waals surface area contributed by atoms with Crippen LogP contribution in [0.5, 0.6) is 5.75 Å². The summed E-state index contributed by atoms with van der Waals surface area (Å²) in [6.07, 6.45) is 2.99. The van der Waals surface area contributed by atoms with Gasteiger partial charge in [-0.15, -0.1) is 0 Å². The standard InChI is InChI=1S/C24H21FN4O3/c1-27-12-17(16-9-8-15(25)10-18(16)27)21(14-6-4-3-5-7-14)19-13-28(2)24(32)22-23(31)20(30)11-26-29(19)22/h3-12,19,21,31H,13H2,1-2H3. The van der Waals surface area contributed by atoms with E-state index in [1.807, 2.05) is 48.1 Å². The van der Waals surface area contributed by atoms with E-state index in [4.69, 9.17) is 0 Å². The first-order chi connectivity index (χ1) is 15.4. The predicted octanol–water partition coefficient (Wildman–Crippen LogP) is 3.04. The predicted molar refractivity (Wildman–Crippen MR) is 117 cm³/mol. The summed E-state index contributed by atoms with van der Waals surface area (Å²) in [5, 5.41) is 15.5. The lowest BCUT2D eigenvalue weighted by molar-refractivity contribution is 0.0686. The van der Waals surface area contributed by atoms with E-state index < -0.39 is 23.1 Å². The molecule has 2 aromatic heterocycles. The first-order valence-electron chi connectivity index (χ1n) is 10.2. The molecule has 1 aliphatic heterocycles. The van der Waals surface area contributed by atoms with E-state index in [1.54, 1.807) is 13.1 Å². The molecule has 2 atom stereocenters. The van der Waals surface area contributed by atoms with E-state index in [9.17, 15) is 19.1 Å². The van der Waals surface area contributed by atoms with Crippen molar-refractivity contribution < 1.29 is 14.3 Å². The van der Waals surface area contributed by atoms with Crippen molar-refractivity contribution in [2.75, 3.05) is 13.6 Å². The molecule has 3 heterocycles. The number of hydrogen-bond donors (Lipinski definition) is 1. The summed E-state index contributed by atoms with van der Waals surface area (Å²) in [6.45, 7) is 0.318. The van der Waals surface area contributed by atoms with Crippen LogP contribution in [-0.4, -0.2) is 43.9 Å². The van der Waals surface area contributed by atoms with E-state index in [0.717, 1.165) is 28.2 Å². The fourth-order valence-electron chi connectivity index (χ4n) is 4.68. The van der Waals surface area contributed by atoms with Crippen molar-refractivity contribution in [1.82, 2.24) is 19.2 Å². The van der Waals surface area contributed by atoms with Crippen LogP contribution in [-0.2, 0) is 7.05 Å². The van der Waals surface area contributed by atoms with Crippen molar-refractivity contribution in [2.45, 2.75) is 12.0 Å². The monoisotopic (exact) mass is 432 g/mol. The van der Waals surface area contributed by atoms with Crippen molar-refractivity contribution in [3.8, 4) is 5.75 Å². The molecule has 32 heavy (non-hydrogen) atoms. The summed E-state index contributed by atoms with van der Waals surface area (Å²) in [5.41, 5.74) is 1.84. The van der Waals surface area contributed by atoms with Gasteiger partial charge in [-0.1, -0.05) is 30.3 Å². The molecule has 1 amide bonds. The number of aryl methyl sites for hydroxylation is 1. The number of aromatic hydroxyl groups is 1. The molecule has 0 saturated carbocycles.